The monoisotopic (exact) mass is 797 g/mol. The normalized spacial score (nSPS) is 17.5. The molecule has 5 amide bonds. The molecule has 3 heterocycles. The van der Waals surface area contributed by atoms with Crippen molar-refractivity contribution in [2.24, 2.45) is 0 Å². The number of carbonyl (C=O) groups is 5. The SMILES string of the molecule is CC(C)OC(=O)N[C@@H](C(=O)N1CCC[C@H]1C(=O)Nc1ccc2[nH]c(-c3ccc(NC(=O)[C@@H]4CCCN4C(=O)[C@@H](c4ccccc4)N(C)C)cc3)cc2c1)c1ccccc1. The fourth-order valence-electron chi connectivity index (χ4n) is 8.08. The van der Waals surface area contributed by atoms with Crippen LogP contribution in [-0.4, -0.2) is 94.8 Å². The molecule has 0 aliphatic carbocycles. The second-order valence-corrected chi connectivity index (χ2v) is 15.6. The van der Waals surface area contributed by atoms with E-state index in [1.807, 2.05) is 104 Å². The highest BCUT2D eigenvalue weighted by Crippen LogP contribution is 2.31. The number of amides is 5. The first-order chi connectivity index (χ1) is 28.5. The first kappa shape index (κ1) is 40.7. The summed E-state index contributed by atoms with van der Waals surface area (Å²) in [5, 5.41) is 9.62. The Bertz CT molecular complexity index is 2290. The first-order valence-corrected chi connectivity index (χ1v) is 20.2. The predicted molar refractivity (Wildman–Crippen MR) is 227 cm³/mol. The zero-order valence-electron chi connectivity index (χ0n) is 33.8. The summed E-state index contributed by atoms with van der Waals surface area (Å²) in [6.07, 6.45) is 1.42. The Morgan fingerprint density at radius 2 is 1.25 bits per heavy atom. The van der Waals surface area contributed by atoms with E-state index in [2.05, 4.69) is 20.9 Å². The van der Waals surface area contributed by atoms with E-state index < -0.39 is 30.3 Å². The van der Waals surface area contributed by atoms with E-state index in [0.29, 0.717) is 49.3 Å². The highest BCUT2D eigenvalue weighted by Gasteiger charge is 2.40. The maximum atomic E-state index is 13.9. The summed E-state index contributed by atoms with van der Waals surface area (Å²) in [5.74, 6) is -0.977. The van der Waals surface area contributed by atoms with Gasteiger partial charge in [-0.25, -0.2) is 4.79 Å². The minimum Gasteiger partial charge on any atom is -0.447 e. The van der Waals surface area contributed by atoms with Gasteiger partial charge >= 0.3 is 6.09 Å². The fourth-order valence-corrected chi connectivity index (χ4v) is 8.08. The van der Waals surface area contributed by atoms with E-state index >= 15 is 0 Å². The second-order valence-electron chi connectivity index (χ2n) is 15.6. The van der Waals surface area contributed by atoms with Gasteiger partial charge in [-0.3, -0.25) is 24.1 Å². The molecule has 2 saturated heterocycles. The minimum atomic E-state index is -1.01. The van der Waals surface area contributed by atoms with Crippen molar-refractivity contribution in [3.8, 4) is 11.3 Å². The maximum absolute atomic E-state index is 13.9. The van der Waals surface area contributed by atoms with Crippen molar-refractivity contribution >= 4 is 52.0 Å². The molecule has 2 aliphatic heterocycles. The summed E-state index contributed by atoms with van der Waals surface area (Å²) in [5.41, 5.74) is 5.33. The van der Waals surface area contributed by atoms with Crippen molar-refractivity contribution in [1.82, 2.24) is 25.0 Å². The van der Waals surface area contributed by atoms with Gasteiger partial charge in [-0.15, -0.1) is 0 Å². The van der Waals surface area contributed by atoms with E-state index in [-0.39, 0.29) is 29.7 Å². The van der Waals surface area contributed by atoms with Crippen LogP contribution in [0.1, 0.15) is 62.7 Å². The molecule has 1 aromatic heterocycles. The molecule has 13 nitrogen and oxygen atoms in total. The number of H-pyrrole nitrogens is 1. The zero-order chi connectivity index (χ0) is 41.6. The number of anilines is 2. The molecular formula is C46H51N7O6. The summed E-state index contributed by atoms with van der Waals surface area (Å²) in [6.45, 7) is 4.38. The molecule has 306 valence electrons. The summed E-state index contributed by atoms with van der Waals surface area (Å²) in [4.78, 5) is 76.1. The van der Waals surface area contributed by atoms with Crippen LogP contribution >= 0.6 is 0 Å². The summed E-state index contributed by atoms with van der Waals surface area (Å²) in [6, 6.07) is 30.9. The minimum absolute atomic E-state index is 0.0848. The van der Waals surface area contributed by atoms with Gasteiger partial charge in [0.2, 0.25) is 17.7 Å². The Kier molecular flexibility index (Phi) is 12.4. The summed E-state index contributed by atoms with van der Waals surface area (Å²) < 4.78 is 5.27. The molecular weight excluding hydrogens is 747 g/mol. The average molecular weight is 798 g/mol. The van der Waals surface area contributed by atoms with E-state index in [9.17, 15) is 24.0 Å². The van der Waals surface area contributed by atoms with Crippen LogP contribution in [0.4, 0.5) is 16.2 Å². The van der Waals surface area contributed by atoms with Crippen LogP contribution in [0, 0.1) is 0 Å². The van der Waals surface area contributed by atoms with Gasteiger partial charge < -0.3 is 35.5 Å². The van der Waals surface area contributed by atoms with Crippen molar-refractivity contribution in [2.45, 2.75) is 69.8 Å². The molecule has 0 bridgehead atoms. The highest BCUT2D eigenvalue weighted by molar-refractivity contribution is 6.01. The number of rotatable bonds is 12. The molecule has 4 atom stereocenters. The number of nitrogens with one attached hydrogen (secondary N) is 4. The van der Waals surface area contributed by atoms with Crippen molar-refractivity contribution in [1.29, 1.82) is 0 Å². The highest BCUT2D eigenvalue weighted by atomic mass is 16.6. The van der Waals surface area contributed by atoms with Crippen LogP contribution < -0.4 is 16.0 Å². The molecule has 7 rings (SSSR count). The van der Waals surface area contributed by atoms with Gasteiger partial charge in [0.25, 0.3) is 5.91 Å². The smallest absolute Gasteiger partial charge is 0.408 e. The van der Waals surface area contributed by atoms with Gasteiger partial charge in [-0.1, -0.05) is 72.8 Å². The third kappa shape index (κ3) is 9.31. The van der Waals surface area contributed by atoms with Gasteiger partial charge in [0.15, 0.2) is 0 Å². The number of benzene rings is 4. The molecule has 4 N–H and O–H groups in total. The largest absolute Gasteiger partial charge is 0.447 e. The predicted octanol–water partition coefficient (Wildman–Crippen LogP) is 6.87. The zero-order valence-corrected chi connectivity index (χ0v) is 33.8. The van der Waals surface area contributed by atoms with Crippen LogP contribution in [-0.2, 0) is 23.9 Å². The lowest BCUT2D eigenvalue weighted by Crippen LogP contribution is -2.48. The molecule has 2 aliphatic rings. The summed E-state index contributed by atoms with van der Waals surface area (Å²) >= 11 is 0. The van der Waals surface area contributed by atoms with Crippen molar-refractivity contribution < 1.29 is 28.7 Å². The number of carbonyl (C=O) groups excluding carboxylic acids is 5. The molecule has 0 radical (unpaired) electrons. The van der Waals surface area contributed by atoms with Crippen LogP contribution in [0.3, 0.4) is 0 Å². The lowest BCUT2D eigenvalue weighted by molar-refractivity contribution is -0.140. The number of nitrogens with zero attached hydrogens (tertiary/aromatic N) is 3. The number of likely N-dealkylation sites (N-methyl/N-ethyl adjacent to an activating group) is 1. The number of hydrogen-bond donors (Lipinski definition) is 4. The van der Waals surface area contributed by atoms with E-state index in [0.717, 1.165) is 34.1 Å². The summed E-state index contributed by atoms with van der Waals surface area (Å²) in [7, 11) is 3.75. The van der Waals surface area contributed by atoms with Gasteiger partial charge in [0.05, 0.1) is 6.10 Å². The molecule has 0 saturated carbocycles. The Morgan fingerprint density at radius 1 is 0.695 bits per heavy atom. The standard InChI is InChI=1S/C46H51N7O6/c1-29(2)59-46(58)50-40(31-13-7-5-8-14-31)44(56)52-25-11-17-38(52)43(55)48-35-23-24-36-33(27-35)28-37(49-36)30-19-21-34(22-20-30)47-42(54)39-18-12-26-53(39)45(57)41(51(3)4)32-15-9-6-10-16-32/h5-10,13-16,19-24,27-29,38-41,49H,11-12,17-18,25-26H2,1-4H3,(H,47,54)(H,48,55)(H,50,58)/t38-,39-,40+,41+/m0/s1. The molecule has 5 aromatic rings. The van der Waals surface area contributed by atoms with E-state index in [4.69, 9.17) is 4.74 Å². The number of ether oxygens (including phenoxy) is 1. The van der Waals surface area contributed by atoms with Gasteiger partial charge in [-0.2, -0.15) is 0 Å². The molecule has 59 heavy (non-hydrogen) atoms. The van der Waals surface area contributed by atoms with Gasteiger partial charge in [0.1, 0.15) is 24.2 Å². The van der Waals surface area contributed by atoms with Crippen molar-refractivity contribution in [3.63, 3.8) is 0 Å². The van der Waals surface area contributed by atoms with Crippen LogP contribution in [0.15, 0.2) is 109 Å². The number of aromatic amines is 1. The third-order valence-corrected chi connectivity index (χ3v) is 10.9. The first-order valence-electron chi connectivity index (χ1n) is 20.2. The lowest BCUT2D eigenvalue weighted by Gasteiger charge is -2.31. The molecule has 13 heteroatoms. The maximum Gasteiger partial charge on any atom is 0.408 e. The van der Waals surface area contributed by atoms with Crippen LogP contribution in [0.25, 0.3) is 22.2 Å². The molecule has 4 aromatic carbocycles. The number of alkyl carbamates (subject to hydrolysis) is 1. The lowest BCUT2D eigenvalue weighted by atomic mass is 10.0. The van der Waals surface area contributed by atoms with E-state index in [1.165, 1.54) is 4.90 Å². The quantitative estimate of drug-likeness (QED) is 0.107. The Balaban J connectivity index is 0.990. The topological polar surface area (TPSA) is 156 Å². The van der Waals surface area contributed by atoms with Crippen molar-refractivity contribution in [2.75, 3.05) is 37.8 Å². The van der Waals surface area contributed by atoms with Crippen LogP contribution in [0.2, 0.25) is 0 Å². The number of fused-ring (bicyclic) bond motifs is 1. The number of aromatic nitrogens is 1. The number of likely N-dealkylation sites (tertiary alicyclic amines) is 2. The van der Waals surface area contributed by atoms with Gasteiger partial charge in [-0.05, 0) is 107 Å². The fraction of sp³-hybridized carbons (Fsp3) is 0.326. The molecule has 0 spiro atoms. The third-order valence-electron chi connectivity index (χ3n) is 10.9. The second kappa shape index (κ2) is 18.0. The van der Waals surface area contributed by atoms with Crippen LogP contribution in [0.5, 0.6) is 0 Å². The van der Waals surface area contributed by atoms with E-state index in [1.54, 1.807) is 43.0 Å². The Labute approximate surface area is 344 Å². The van der Waals surface area contributed by atoms with Gasteiger partial charge in [0, 0.05) is 41.1 Å². The number of hydrogen-bond acceptors (Lipinski definition) is 7. The Morgan fingerprint density at radius 3 is 1.85 bits per heavy atom. The molecule has 0 unspecified atom stereocenters. The Hall–Kier alpha value is -6.47. The molecule has 2 fully saturated rings. The van der Waals surface area contributed by atoms with Crippen molar-refractivity contribution in [3.05, 3.63) is 120 Å². The average Bonchev–Trinajstić information content (AvgIpc) is 4.01.